The van der Waals surface area contributed by atoms with E-state index in [2.05, 4.69) is 5.32 Å². The topological polar surface area (TPSA) is 70.0 Å². The third kappa shape index (κ3) is 1.82. The molecule has 1 atom stereocenters. The first-order valence-electron chi connectivity index (χ1n) is 3.85. The molecule has 1 rings (SSSR count). The Balaban J connectivity index is 2.31. The molecule has 1 saturated carbocycles. The molecule has 0 unspecified atom stereocenters. The number of amides is 1. The van der Waals surface area contributed by atoms with Gasteiger partial charge < -0.3 is 5.32 Å². The third-order valence-corrected chi connectivity index (χ3v) is 1.87. The molecule has 64 valence electrons. The zero-order chi connectivity index (χ0) is 9.14. The summed E-state index contributed by atoms with van der Waals surface area (Å²) in [6.07, 6.45) is 0.675. The van der Waals surface area contributed by atoms with Gasteiger partial charge in [0.1, 0.15) is 11.8 Å². The smallest absolute Gasteiger partial charge is 0.225 e. The summed E-state index contributed by atoms with van der Waals surface area (Å²) in [6, 6.07) is 1.43. The van der Waals surface area contributed by atoms with Gasteiger partial charge in [-0.3, -0.25) is 9.59 Å². The van der Waals surface area contributed by atoms with Crippen LogP contribution in [0.15, 0.2) is 0 Å². The molecule has 1 aliphatic rings. The van der Waals surface area contributed by atoms with Crippen molar-refractivity contribution in [2.75, 3.05) is 0 Å². The quantitative estimate of drug-likeness (QED) is 0.627. The zero-order valence-electron chi connectivity index (χ0n) is 6.83. The van der Waals surface area contributed by atoms with Crippen LogP contribution >= 0.6 is 0 Å². The summed E-state index contributed by atoms with van der Waals surface area (Å²) in [4.78, 5) is 21.7. The summed E-state index contributed by atoms with van der Waals surface area (Å²) in [5.41, 5.74) is 0. The second-order valence-corrected chi connectivity index (χ2v) is 3.00. The molecule has 0 radical (unpaired) electrons. The molecule has 0 bridgehead atoms. The van der Waals surface area contributed by atoms with Gasteiger partial charge in [0.2, 0.25) is 5.91 Å². The number of rotatable bonds is 2. The van der Waals surface area contributed by atoms with Crippen LogP contribution in [0.5, 0.6) is 0 Å². The standard InChI is InChI=1S/C8H10N2O2/c1-5(4-9)10-8(12)6-2-7(11)3-6/h5-6H,2-3H2,1H3,(H,10,12)/t5-/m1/s1. The van der Waals surface area contributed by atoms with E-state index in [4.69, 9.17) is 5.26 Å². The minimum Gasteiger partial charge on any atom is -0.340 e. The van der Waals surface area contributed by atoms with Crippen molar-refractivity contribution in [1.82, 2.24) is 5.32 Å². The van der Waals surface area contributed by atoms with Crippen LogP contribution < -0.4 is 5.32 Å². The van der Waals surface area contributed by atoms with Crippen molar-refractivity contribution in [3.63, 3.8) is 0 Å². The van der Waals surface area contributed by atoms with Crippen LogP contribution in [-0.2, 0) is 9.59 Å². The second kappa shape index (κ2) is 3.35. The highest BCUT2D eigenvalue weighted by Gasteiger charge is 2.32. The number of hydrogen-bond donors (Lipinski definition) is 1. The molecule has 1 aliphatic carbocycles. The summed E-state index contributed by atoms with van der Waals surface area (Å²) >= 11 is 0. The van der Waals surface area contributed by atoms with E-state index in [0.717, 1.165) is 0 Å². The fourth-order valence-corrected chi connectivity index (χ4v) is 1.04. The van der Waals surface area contributed by atoms with Gasteiger partial charge in [0, 0.05) is 12.8 Å². The maximum atomic E-state index is 11.1. The number of nitrogens with zero attached hydrogens (tertiary/aromatic N) is 1. The van der Waals surface area contributed by atoms with E-state index in [-0.39, 0.29) is 17.6 Å². The zero-order valence-corrected chi connectivity index (χ0v) is 6.83. The van der Waals surface area contributed by atoms with Crippen molar-refractivity contribution in [2.24, 2.45) is 5.92 Å². The fraction of sp³-hybridized carbons (Fsp3) is 0.625. The SMILES string of the molecule is C[C@H](C#N)NC(=O)C1CC(=O)C1. The number of carbonyl (C=O) groups is 2. The fourth-order valence-electron chi connectivity index (χ4n) is 1.04. The molecule has 1 fully saturated rings. The number of hydrogen-bond acceptors (Lipinski definition) is 3. The molecule has 0 heterocycles. The van der Waals surface area contributed by atoms with Gasteiger partial charge in [-0.05, 0) is 6.92 Å². The highest BCUT2D eigenvalue weighted by atomic mass is 16.2. The number of nitrogens with one attached hydrogen (secondary N) is 1. The molecule has 0 aromatic rings. The molecular formula is C8H10N2O2. The molecule has 4 heteroatoms. The Bertz CT molecular complexity index is 246. The summed E-state index contributed by atoms with van der Waals surface area (Å²) in [5.74, 6) is -0.239. The van der Waals surface area contributed by atoms with Gasteiger partial charge in [-0.25, -0.2) is 0 Å². The first kappa shape index (κ1) is 8.72. The van der Waals surface area contributed by atoms with Gasteiger partial charge in [0.25, 0.3) is 0 Å². The highest BCUT2D eigenvalue weighted by molar-refractivity contribution is 5.96. The minimum absolute atomic E-state index is 0.125. The van der Waals surface area contributed by atoms with E-state index in [1.54, 1.807) is 6.92 Å². The van der Waals surface area contributed by atoms with Crippen LogP contribution in [0.2, 0.25) is 0 Å². The van der Waals surface area contributed by atoms with Crippen molar-refractivity contribution in [3.8, 4) is 6.07 Å². The van der Waals surface area contributed by atoms with Crippen molar-refractivity contribution in [1.29, 1.82) is 5.26 Å². The first-order valence-corrected chi connectivity index (χ1v) is 3.85. The number of nitriles is 1. The van der Waals surface area contributed by atoms with Gasteiger partial charge >= 0.3 is 0 Å². The maximum Gasteiger partial charge on any atom is 0.225 e. The largest absolute Gasteiger partial charge is 0.340 e. The molecule has 0 aliphatic heterocycles. The number of carbonyl (C=O) groups excluding carboxylic acids is 2. The molecule has 1 N–H and O–H groups in total. The van der Waals surface area contributed by atoms with E-state index < -0.39 is 6.04 Å². The second-order valence-electron chi connectivity index (χ2n) is 3.00. The van der Waals surface area contributed by atoms with Gasteiger partial charge in [0.05, 0.1) is 12.0 Å². The molecular weight excluding hydrogens is 156 g/mol. The predicted octanol–water partition coefficient (Wildman–Crippen LogP) is -0.00622. The Hall–Kier alpha value is -1.37. The Labute approximate surface area is 70.6 Å². The van der Waals surface area contributed by atoms with Crippen molar-refractivity contribution < 1.29 is 9.59 Å². The van der Waals surface area contributed by atoms with Gasteiger partial charge in [0.15, 0.2) is 0 Å². The minimum atomic E-state index is -0.465. The van der Waals surface area contributed by atoms with E-state index in [0.29, 0.717) is 12.8 Å². The summed E-state index contributed by atoms with van der Waals surface area (Å²) in [5, 5.41) is 10.9. The van der Waals surface area contributed by atoms with Crippen LogP contribution in [0.1, 0.15) is 19.8 Å². The van der Waals surface area contributed by atoms with Crippen LogP contribution in [-0.4, -0.2) is 17.7 Å². The normalized spacial score (nSPS) is 19.2. The molecule has 0 spiro atoms. The Morgan fingerprint density at radius 1 is 1.75 bits per heavy atom. The molecule has 0 aromatic heterocycles. The monoisotopic (exact) mass is 166 g/mol. The lowest BCUT2D eigenvalue weighted by Gasteiger charge is -2.23. The van der Waals surface area contributed by atoms with Gasteiger partial charge in [-0.15, -0.1) is 0 Å². The summed E-state index contributed by atoms with van der Waals surface area (Å²) in [6.45, 7) is 1.61. The van der Waals surface area contributed by atoms with Crippen molar-refractivity contribution >= 4 is 11.7 Å². The third-order valence-electron chi connectivity index (χ3n) is 1.87. The van der Waals surface area contributed by atoms with Crippen LogP contribution in [0.25, 0.3) is 0 Å². The molecule has 12 heavy (non-hydrogen) atoms. The summed E-state index contributed by atoms with van der Waals surface area (Å²) < 4.78 is 0. The average molecular weight is 166 g/mol. The molecule has 4 nitrogen and oxygen atoms in total. The Morgan fingerprint density at radius 3 is 2.75 bits per heavy atom. The number of Topliss-reactive ketones (excluding diaryl/α,β-unsaturated/α-hetero) is 1. The molecule has 1 amide bonds. The van der Waals surface area contributed by atoms with E-state index in [1.165, 1.54) is 0 Å². The summed E-state index contributed by atoms with van der Waals surface area (Å²) in [7, 11) is 0. The van der Waals surface area contributed by atoms with Crippen molar-refractivity contribution in [3.05, 3.63) is 0 Å². The van der Waals surface area contributed by atoms with Gasteiger partial charge in [-0.2, -0.15) is 5.26 Å². The van der Waals surface area contributed by atoms with E-state index in [9.17, 15) is 9.59 Å². The average Bonchev–Trinajstić information content (AvgIpc) is 1.98. The lowest BCUT2D eigenvalue weighted by atomic mass is 9.83. The van der Waals surface area contributed by atoms with Crippen molar-refractivity contribution in [2.45, 2.75) is 25.8 Å². The van der Waals surface area contributed by atoms with E-state index >= 15 is 0 Å². The lowest BCUT2D eigenvalue weighted by Crippen LogP contribution is -2.42. The maximum absolute atomic E-state index is 11.1. The molecule has 0 saturated heterocycles. The van der Waals surface area contributed by atoms with Crippen LogP contribution in [0.4, 0.5) is 0 Å². The number of ketones is 1. The van der Waals surface area contributed by atoms with Crippen LogP contribution in [0, 0.1) is 17.2 Å². The molecule has 0 aromatic carbocycles. The van der Waals surface area contributed by atoms with E-state index in [1.807, 2.05) is 6.07 Å². The lowest BCUT2D eigenvalue weighted by molar-refractivity contribution is -0.138. The Kier molecular flexibility index (Phi) is 2.44. The highest BCUT2D eigenvalue weighted by Crippen LogP contribution is 2.22. The van der Waals surface area contributed by atoms with Gasteiger partial charge in [-0.1, -0.05) is 0 Å². The predicted molar refractivity (Wildman–Crippen MR) is 40.9 cm³/mol. The first-order chi connectivity index (χ1) is 5.63. The van der Waals surface area contributed by atoms with Crippen LogP contribution in [0.3, 0.4) is 0 Å². The Morgan fingerprint density at radius 2 is 2.33 bits per heavy atom.